The summed E-state index contributed by atoms with van der Waals surface area (Å²) in [5, 5.41) is 20.2. The summed E-state index contributed by atoms with van der Waals surface area (Å²) in [7, 11) is 0. The average molecular weight is 420 g/mol. The Morgan fingerprint density at radius 3 is 2.50 bits per heavy atom. The molecule has 3 rings (SSSR count). The second-order valence-corrected chi connectivity index (χ2v) is 6.96. The zero-order valence-corrected chi connectivity index (χ0v) is 14.6. The molecule has 2 aliphatic rings. The van der Waals surface area contributed by atoms with Crippen LogP contribution >= 0.6 is 34.4 Å². The van der Waals surface area contributed by atoms with Crippen LogP contribution in [0.1, 0.15) is 11.5 Å². The summed E-state index contributed by atoms with van der Waals surface area (Å²) in [6.45, 7) is 0. The van der Waals surface area contributed by atoms with Crippen LogP contribution in [0.2, 0.25) is 0 Å². The van der Waals surface area contributed by atoms with Gasteiger partial charge < -0.3 is 10.6 Å². The highest BCUT2D eigenvalue weighted by molar-refractivity contribution is 14.1. The van der Waals surface area contributed by atoms with Gasteiger partial charge >= 0.3 is 0 Å². The van der Waals surface area contributed by atoms with Crippen molar-refractivity contribution in [2.24, 2.45) is 5.73 Å². The Labute approximate surface area is 147 Å². The van der Waals surface area contributed by atoms with Gasteiger partial charge in [-0.05, 0) is 5.56 Å². The molecule has 1 saturated heterocycles. The number of rotatable bonds is 2. The molecule has 2 atom stereocenters. The first-order valence-electron chi connectivity index (χ1n) is 6.79. The number of fused-ring (bicyclic) bond motifs is 1. The van der Waals surface area contributed by atoms with Crippen molar-refractivity contribution in [1.82, 2.24) is 4.90 Å². The molecule has 0 aromatic heterocycles. The Kier molecular flexibility index (Phi) is 4.32. The minimum atomic E-state index is -0.358. The van der Waals surface area contributed by atoms with Gasteiger partial charge in [0.25, 0.3) is 0 Å². The normalized spacial score (nSPS) is 24.0. The number of hydrogen-bond acceptors (Lipinski definition) is 5. The van der Waals surface area contributed by atoms with Gasteiger partial charge in [-0.1, -0.05) is 52.9 Å². The van der Waals surface area contributed by atoms with E-state index in [0.717, 1.165) is 20.8 Å². The summed E-state index contributed by atoms with van der Waals surface area (Å²) in [5.74, 6) is 1.03. The minimum Gasteiger partial charge on any atom is -0.384 e. The molecule has 0 amide bonds. The van der Waals surface area contributed by atoms with Crippen LogP contribution in [0.5, 0.6) is 0 Å². The average Bonchev–Trinajstić information content (AvgIpc) is 2.99. The van der Waals surface area contributed by atoms with E-state index in [1.807, 2.05) is 35.2 Å². The van der Waals surface area contributed by atoms with E-state index in [1.54, 1.807) is 11.8 Å². The minimum absolute atomic E-state index is 0.240. The Bertz CT molecular complexity index is 742. The van der Waals surface area contributed by atoms with E-state index >= 15 is 0 Å². The van der Waals surface area contributed by atoms with Crippen molar-refractivity contribution in [3.63, 3.8) is 0 Å². The van der Waals surface area contributed by atoms with Crippen molar-refractivity contribution in [1.29, 1.82) is 10.5 Å². The lowest BCUT2D eigenvalue weighted by Crippen LogP contribution is -2.38. The Balaban J connectivity index is 2.21. The van der Waals surface area contributed by atoms with Crippen LogP contribution < -0.4 is 5.73 Å². The van der Waals surface area contributed by atoms with Gasteiger partial charge in [0.1, 0.15) is 5.82 Å². The summed E-state index contributed by atoms with van der Waals surface area (Å²) in [6.07, 6.45) is 0. The Hall–Kier alpha value is -1.64. The molecular weight excluding hydrogens is 407 g/mol. The molecule has 22 heavy (non-hydrogen) atoms. The fourth-order valence-corrected chi connectivity index (χ4v) is 5.32. The fourth-order valence-electron chi connectivity index (χ4n) is 2.87. The van der Waals surface area contributed by atoms with Crippen LogP contribution in [0, 0.1) is 22.7 Å². The molecule has 0 bridgehead atoms. The molecule has 0 spiro atoms. The van der Waals surface area contributed by atoms with E-state index in [1.165, 1.54) is 0 Å². The van der Waals surface area contributed by atoms with Gasteiger partial charge in [-0.2, -0.15) is 10.5 Å². The lowest BCUT2D eigenvalue weighted by atomic mass is 9.83. The lowest BCUT2D eigenvalue weighted by molar-refractivity contribution is 0.384. The van der Waals surface area contributed by atoms with E-state index < -0.39 is 0 Å². The van der Waals surface area contributed by atoms with Gasteiger partial charge in [-0.15, -0.1) is 11.8 Å². The highest BCUT2D eigenvalue weighted by Gasteiger charge is 2.41. The topological polar surface area (TPSA) is 76.8 Å². The zero-order chi connectivity index (χ0) is 15.7. The first-order valence-corrected chi connectivity index (χ1v) is 9.31. The summed E-state index contributed by atoms with van der Waals surface area (Å²) >= 11 is 3.98. The SMILES string of the molecule is N#CC1=C(N)N2C(=C(C#N)[C@H]1c1ccccc1)SC[C@H]2CI. The third-order valence-electron chi connectivity index (χ3n) is 3.89. The quantitative estimate of drug-likeness (QED) is 0.588. The summed E-state index contributed by atoms with van der Waals surface area (Å²) in [6, 6.07) is 14.5. The molecule has 0 radical (unpaired) electrons. The molecule has 4 nitrogen and oxygen atoms in total. The number of nitrogens with zero attached hydrogens (tertiary/aromatic N) is 3. The molecule has 0 unspecified atom stereocenters. The molecule has 110 valence electrons. The largest absolute Gasteiger partial charge is 0.384 e. The maximum atomic E-state index is 9.71. The van der Waals surface area contributed by atoms with Crippen molar-refractivity contribution in [2.75, 3.05) is 10.2 Å². The van der Waals surface area contributed by atoms with Crippen molar-refractivity contribution >= 4 is 34.4 Å². The van der Waals surface area contributed by atoms with Gasteiger partial charge in [0, 0.05) is 10.2 Å². The molecular formula is C16H13IN4S. The third-order valence-corrected chi connectivity index (χ3v) is 6.15. The van der Waals surface area contributed by atoms with Crippen LogP contribution in [-0.4, -0.2) is 21.1 Å². The molecule has 1 fully saturated rings. The van der Waals surface area contributed by atoms with E-state index in [9.17, 15) is 10.5 Å². The highest BCUT2D eigenvalue weighted by Crippen LogP contribution is 2.48. The number of alkyl halides is 1. The second-order valence-electron chi connectivity index (χ2n) is 5.07. The van der Waals surface area contributed by atoms with Crippen LogP contribution in [0.3, 0.4) is 0 Å². The second kappa shape index (κ2) is 6.23. The van der Waals surface area contributed by atoms with Gasteiger partial charge in [0.15, 0.2) is 0 Å². The van der Waals surface area contributed by atoms with Crippen LogP contribution in [0.15, 0.2) is 52.3 Å². The summed E-state index contributed by atoms with van der Waals surface area (Å²) < 4.78 is 0.905. The molecule has 2 heterocycles. The smallest absolute Gasteiger partial charge is 0.119 e. The van der Waals surface area contributed by atoms with Crippen molar-refractivity contribution in [3.8, 4) is 12.1 Å². The number of allylic oxidation sites excluding steroid dienone is 2. The predicted molar refractivity (Wildman–Crippen MR) is 95.6 cm³/mol. The number of thioether (sulfide) groups is 1. The third kappa shape index (κ3) is 2.27. The van der Waals surface area contributed by atoms with Crippen LogP contribution in [-0.2, 0) is 0 Å². The van der Waals surface area contributed by atoms with Gasteiger partial charge in [-0.3, -0.25) is 0 Å². The first-order chi connectivity index (χ1) is 10.7. The number of hydrogen-bond donors (Lipinski definition) is 1. The fraction of sp³-hybridized carbons (Fsp3) is 0.250. The Morgan fingerprint density at radius 2 is 1.91 bits per heavy atom. The van der Waals surface area contributed by atoms with Gasteiger partial charge in [0.05, 0.1) is 40.3 Å². The van der Waals surface area contributed by atoms with E-state index in [4.69, 9.17) is 5.73 Å². The van der Waals surface area contributed by atoms with E-state index in [2.05, 4.69) is 34.7 Å². The van der Waals surface area contributed by atoms with Crippen LogP contribution in [0.4, 0.5) is 0 Å². The molecule has 2 N–H and O–H groups in total. The standard InChI is InChI=1S/C16H13IN4S/c17-6-11-9-22-16-13(8-19)14(10-4-2-1-3-5-10)12(7-18)15(20)21(11)16/h1-5,11,14H,6,9,20H2/t11-,14+/m1/s1. The number of benzene rings is 1. The van der Waals surface area contributed by atoms with Gasteiger partial charge in [0.2, 0.25) is 0 Å². The number of halogens is 1. The molecule has 1 aromatic rings. The monoisotopic (exact) mass is 420 g/mol. The molecule has 0 aliphatic carbocycles. The van der Waals surface area contributed by atoms with Crippen LogP contribution in [0.25, 0.3) is 0 Å². The molecule has 1 aromatic carbocycles. The van der Waals surface area contributed by atoms with E-state index in [-0.39, 0.29) is 12.0 Å². The first kappa shape index (κ1) is 15.3. The number of nitriles is 2. The van der Waals surface area contributed by atoms with Crippen molar-refractivity contribution in [2.45, 2.75) is 12.0 Å². The van der Waals surface area contributed by atoms with Gasteiger partial charge in [-0.25, -0.2) is 0 Å². The molecule has 0 saturated carbocycles. The maximum Gasteiger partial charge on any atom is 0.119 e. The maximum absolute atomic E-state index is 9.71. The number of nitrogens with two attached hydrogens (primary N) is 1. The predicted octanol–water partition coefficient (Wildman–Crippen LogP) is 3.07. The zero-order valence-electron chi connectivity index (χ0n) is 11.7. The summed E-state index contributed by atoms with van der Waals surface area (Å²) in [5.41, 5.74) is 8.35. The van der Waals surface area contributed by atoms with Crippen molar-refractivity contribution < 1.29 is 0 Å². The lowest BCUT2D eigenvalue weighted by Gasteiger charge is -2.34. The van der Waals surface area contributed by atoms with Crippen molar-refractivity contribution in [3.05, 3.63) is 57.9 Å². The Morgan fingerprint density at radius 1 is 1.23 bits per heavy atom. The summed E-state index contributed by atoms with van der Waals surface area (Å²) in [4.78, 5) is 1.98. The molecule has 2 aliphatic heterocycles. The molecule has 6 heteroatoms. The highest BCUT2D eigenvalue weighted by atomic mass is 127. The van der Waals surface area contributed by atoms with E-state index in [0.29, 0.717) is 17.0 Å².